The van der Waals surface area contributed by atoms with Crippen LogP contribution in [0.1, 0.15) is 12.2 Å². The second-order valence-electron chi connectivity index (χ2n) is 7.64. The summed E-state index contributed by atoms with van der Waals surface area (Å²) in [5.41, 5.74) is 3.72. The standard InChI is InChI=1S/C24H21FN4O2S.ClH/c1-31-19-10-6-16(7-11-19)20-15-32-24(26-20)27-22(30)14-28-13-21(29-12-2-3-23(28)29)17-4-8-18(25)9-5-17;/h4-11,13,15H,2-3,12,14H2,1H3;1H. The van der Waals surface area contributed by atoms with Gasteiger partial charge in [0.2, 0.25) is 0 Å². The Morgan fingerprint density at radius 1 is 1.18 bits per heavy atom. The molecule has 1 N–H and O–H groups in total. The third kappa shape index (κ3) is 4.77. The van der Waals surface area contributed by atoms with E-state index in [4.69, 9.17) is 4.74 Å². The third-order valence-corrected chi connectivity index (χ3v) is 6.34. The highest BCUT2D eigenvalue weighted by atomic mass is 35.5. The number of nitrogens with zero attached hydrogens (tertiary/aromatic N) is 3. The second-order valence-corrected chi connectivity index (χ2v) is 8.49. The number of ether oxygens (including phenoxy) is 1. The van der Waals surface area contributed by atoms with Gasteiger partial charge in [-0.2, -0.15) is 0 Å². The number of carbonyl (C=O) groups excluding carboxylic acids is 1. The van der Waals surface area contributed by atoms with E-state index >= 15 is 0 Å². The van der Waals surface area contributed by atoms with Crippen LogP contribution in [-0.2, 0) is 24.3 Å². The molecule has 0 unspecified atom stereocenters. The van der Waals surface area contributed by atoms with Gasteiger partial charge in [0.1, 0.15) is 17.8 Å². The minimum Gasteiger partial charge on any atom is -1.00 e. The van der Waals surface area contributed by atoms with Gasteiger partial charge >= 0.3 is 0 Å². The monoisotopic (exact) mass is 484 g/mol. The number of hydrogen-bond acceptors (Lipinski definition) is 4. The van der Waals surface area contributed by atoms with Crippen molar-refractivity contribution in [1.82, 2.24) is 9.55 Å². The van der Waals surface area contributed by atoms with Crippen LogP contribution in [0.3, 0.4) is 0 Å². The van der Waals surface area contributed by atoms with Crippen molar-refractivity contribution in [3.8, 4) is 28.3 Å². The number of amides is 1. The molecule has 0 aliphatic carbocycles. The van der Waals surface area contributed by atoms with E-state index in [2.05, 4.69) is 14.9 Å². The Labute approximate surface area is 201 Å². The largest absolute Gasteiger partial charge is 1.00 e. The van der Waals surface area contributed by atoms with E-state index in [1.54, 1.807) is 19.2 Å². The molecule has 0 fully saturated rings. The van der Waals surface area contributed by atoms with Crippen molar-refractivity contribution in [3.63, 3.8) is 0 Å². The first-order valence-corrected chi connectivity index (χ1v) is 11.3. The quantitative estimate of drug-likeness (QED) is 0.420. The molecule has 0 radical (unpaired) electrons. The maximum atomic E-state index is 13.3. The molecule has 2 aromatic heterocycles. The number of thiazole rings is 1. The predicted octanol–water partition coefficient (Wildman–Crippen LogP) is 1.30. The number of rotatable bonds is 6. The van der Waals surface area contributed by atoms with Crippen LogP contribution < -0.4 is 27.0 Å². The lowest BCUT2D eigenvalue weighted by Crippen LogP contribution is -3.00. The van der Waals surface area contributed by atoms with Crippen molar-refractivity contribution in [2.45, 2.75) is 25.9 Å². The second kappa shape index (κ2) is 9.72. The minimum atomic E-state index is -0.258. The van der Waals surface area contributed by atoms with Gasteiger partial charge in [0.25, 0.3) is 11.7 Å². The normalized spacial score (nSPS) is 12.2. The van der Waals surface area contributed by atoms with E-state index in [0.29, 0.717) is 5.13 Å². The molecule has 4 aromatic rings. The number of imidazole rings is 1. The fourth-order valence-corrected chi connectivity index (χ4v) is 4.77. The molecule has 1 amide bonds. The van der Waals surface area contributed by atoms with E-state index in [1.165, 1.54) is 23.5 Å². The van der Waals surface area contributed by atoms with Crippen LogP contribution >= 0.6 is 11.3 Å². The number of hydrogen-bond donors (Lipinski definition) is 1. The Balaban J connectivity index is 0.00000259. The summed E-state index contributed by atoms with van der Waals surface area (Å²) in [5, 5.41) is 5.40. The van der Waals surface area contributed by atoms with E-state index < -0.39 is 0 Å². The van der Waals surface area contributed by atoms with E-state index in [0.717, 1.165) is 53.5 Å². The minimum absolute atomic E-state index is 0. The van der Waals surface area contributed by atoms with Gasteiger partial charge in [0.05, 0.1) is 25.8 Å². The molecular weight excluding hydrogens is 463 g/mol. The Morgan fingerprint density at radius 3 is 2.64 bits per heavy atom. The molecular formula is C24H22ClFN4O2S. The number of aromatic nitrogens is 3. The summed E-state index contributed by atoms with van der Waals surface area (Å²) in [7, 11) is 1.63. The molecule has 0 spiro atoms. The smallest absolute Gasteiger partial charge is 0.268 e. The Hall–Kier alpha value is -3.23. The molecule has 1 aliphatic heterocycles. The number of halogens is 2. The Bertz CT molecular complexity index is 1270. The average Bonchev–Trinajstić information content (AvgIpc) is 3.53. The lowest BCUT2D eigenvalue weighted by atomic mass is 10.1. The van der Waals surface area contributed by atoms with Crippen LogP contribution in [0.4, 0.5) is 9.52 Å². The van der Waals surface area contributed by atoms with Gasteiger partial charge in [0, 0.05) is 16.5 Å². The highest BCUT2D eigenvalue weighted by Crippen LogP contribution is 2.27. The van der Waals surface area contributed by atoms with Crippen LogP contribution in [0, 0.1) is 5.82 Å². The molecule has 9 heteroatoms. The Kier molecular flexibility index (Phi) is 6.76. The van der Waals surface area contributed by atoms with Crippen molar-refractivity contribution in [3.05, 3.63) is 71.7 Å². The van der Waals surface area contributed by atoms with Crippen molar-refractivity contribution < 1.29 is 30.9 Å². The average molecular weight is 485 g/mol. The van der Waals surface area contributed by atoms with Gasteiger partial charge in [0.15, 0.2) is 17.4 Å². The summed E-state index contributed by atoms with van der Waals surface area (Å²) in [6.45, 7) is 1.10. The van der Waals surface area contributed by atoms with Gasteiger partial charge in [-0.05, 0) is 55.0 Å². The SMILES string of the molecule is COc1ccc(-c2csc(NC(=O)C[n+]3cc(-c4ccc(F)cc4)n4c3CCC4)n2)cc1.[Cl-]. The number of benzene rings is 2. The number of nitrogens with one attached hydrogen (secondary N) is 1. The number of anilines is 1. The number of carbonyl (C=O) groups is 1. The lowest BCUT2D eigenvalue weighted by molar-refractivity contribution is -0.690. The number of fused-ring (bicyclic) bond motifs is 1. The maximum absolute atomic E-state index is 13.3. The predicted molar refractivity (Wildman–Crippen MR) is 121 cm³/mol. The van der Waals surface area contributed by atoms with Crippen molar-refractivity contribution in [1.29, 1.82) is 0 Å². The summed E-state index contributed by atoms with van der Waals surface area (Å²) in [6, 6.07) is 14.1. The molecule has 0 saturated carbocycles. The van der Waals surface area contributed by atoms with Crippen LogP contribution in [0.2, 0.25) is 0 Å². The van der Waals surface area contributed by atoms with Crippen molar-refractivity contribution in [2.75, 3.05) is 12.4 Å². The van der Waals surface area contributed by atoms with E-state index in [1.807, 2.05) is 40.4 Å². The summed E-state index contributed by atoms with van der Waals surface area (Å²) in [6.07, 6.45) is 3.92. The van der Waals surface area contributed by atoms with Gasteiger partial charge in [-0.25, -0.2) is 18.5 Å². The molecule has 0 bridgehead atoms. The summed E-state index contributed by atoms with van der Waals surface area (Å²) >= 11 is 1.40. The van der Waals surface area contributed by atoms with E-state index in [9.17, 15) is 9.18 Å². The molecule has 1 aliphatic rings. The zero-order chi connectivity index (χ0) is 22.1. The fourth-order valence-electron chi connectivity index (χ4n) is 4.04. The van der Waals surface area contributed by atoms with Crippen LogP contribution in [0.15, 0.2) is 60.1 Å². The first kappa shape index (κ1) is 22.9. The fraction of sp³-hybridized carbons (Fsp3) is 0.208. The van der Waals surface area contributed by atoms with Gasteiger partial charge in [-0.15, -0.1) is 11.3 Å². The van der Waals surface area contributed by atoms with Crippen LogP contribution in [0.25, 0.3) is 22.5 Å². The van der Waals surface area contributed by atoms with Crippen LogP contribution in [-0.4, -0.2) is 22.6 Å². The van der Waals surface area contributed by atoms with Crippen molar-refractivity contribution in [2.24, 2.45) is 0 Å². The highest BCUT2D eigenvalue weighted by molar-refractivity contribution is 7.14. The summed E-state index contributed by atoms with van der Waals surface area (Å²) < 4.78 is 22.7. The molecule has 33 heavy (non-hydrogen) atoms. The Morgan fingerprint density at radius 2 is 1.91 bits per heavy atom. The maximum Gasteiger partial charge on any atom is 0.268 e. The molecule has 6 nitrogen and oxygen atoms in total. The molecule has 0 atom stereocenters. The first-order valence-electron chi connectivity index (χ1n) is 10.4. The lowest BCUT2D eigenvalue weighted by Gasteiger charge is -2.01. The number of methoxy groups -OCH3 is 1. The first-order chi connectivity index (χ1) is 15.6. The highest BCUT2D eigenvalue weighted by Gasteiger charge is 2.29. The van der Waals surface area contributed by atoms with Gasteiger partial charge < -0.3 is 17.1 Å². The topological polar surface area (TPSA) is 60.0 Å². The molecule has 5 rings (SSSR count). The van der Waals surface area contributed by atoms with Gasteiger partial charge in [-0.1, -0.05) is 0 Å². The van der Waals surface area contributed by atoms with E-state index in [-0.39, 0.29) is 30.7 Å². The summed E-state index contributed by atoms with van der Waals surface area (Å²) in [5.74, 6) is 1.51. The third-order valence-electron chi connectivity index (χ3n) is 5.58. The van der Waals surface area contributed by atoms with Crippen LogP contribution in [0.5, 0.6) is 5.75 Å². The zero-order valence-corrected chi connectivity index (χ0v) is 19.5. The zero-order valence-electron chi connectivity index (χ0n) is 17.9. The molecule has 170 valence electrons. The van der Waals surface area contributed by atoms with Crippen molar-refractivity contribution >= 4 is 22.4 Å². The van der Waals surface area contributed by atoms with Gasteiger partial charge in [-0.3, -0.25) is 10.1 Å². The molecule has 2 aromatic carbocycles. The molecule has 0 saturated heterocycles. The molecule has 3 heterocycles. The summed E-state index contributed by atoms with van der Waals surface area (Å²) in [4.78, 5) is 17.3.